The van der Waals surface area contributed by atoms with Gasteiger partial charge < -0.3 is 25.0 Å². The number of piperazine rings is 1. The molecule has 0 radical (unpaired) electrons. The average Bonchev–Trinajstić information content (AvgIpc) is 3.75. The van der Waals surface area contributed by atoms with Crippen LogP contribution in [-0.4, -0.2) is 84.1 Å². The number of anilines is 2. The van der Waals surface area contributed by atoms with Gasteiger partial charge in [0.1, 0.15) is 22.8 Å². The minimum absolute atomic E-state index is 0.0442. The second-order valence-corrected chi connectivity index (χ2v) is 20.5. The van der Waals surface area contributed by atoms with Gasteiger partial charge in [0.05, 0.1) is 27.2 Å². The molecule has 0 spiro atoms. The monoisotopic (exact) mass is 909 g/mol. The number of ether oxygens (including phenoxy) is 1. The zero-order valence-corrected chi connectivity index (χ0v) is 38.1. The fourth-order valence-corrected chi connectivity index (χ4v) is 10.3. The minimum atomic E-state index is -4.58. The number of pyridine rings is 1. The average molecular weight is 911 g/mol. The van der Waals surface area contributed by atoms with Gasteiger partial charge in [-0.05, 0) is 122 Å². The van der Waals surface area contributed by atoms with Crippen molar-refractivity contribution in [2.45, 2.75) is 82.6 Å². The van der Waals surface area contributed by atoms with E-state index < -0.39 is 37.0 Å². The largest absolute Gasteiger partial charge is 0.455 e. The first-order valence-corrected chi connectivity index (χ1v) is 23.9. The van der Waals surface area contributed by atoms with E-state index in [0.717, 1.165) is 87.0 Å². The van der Waals surface area contributed by atoms with E-state index in [9.17, 15) is 28.4 Å². The van der Waals surface area contributed by atoms with E-state index in [1.165, 1.54) is 35.0 Å². The van der Waals surface area contributed by atoms with Crippen molar-refractivity contribution in [3.05, 3.63) is 117 Å². The van der Waals surface area contributed by atoms with Crippen LogP contribution >= 0.6 is 11.6 Å². The Kier molecular flexibility index (Phi) is 13.1. The minimum Gasteiger partial charge on any atom is -0.455 e. The van der Waals surface area contributed by atoms with Crippen molar-refractivity contribution < 1.29 is 28.0 Å². The summed E-state index contributed by atoms with van der Waals surface area (Å²) in [5.74, 6) is -0.289. The number of aromatic nitrogens is 2. The number of rotatable bonds is 14. The lowest BCUT2D eigenvalue weighted by atomic mass is 9.72. The first-order valence-electron chi connectivity index (χ1n) is 22.1. The molecule has 14 nitrogen and oxygen atoms in total. The second-order valence-electron chi connectivity index (χ2n) is 18.3. The van der Waals surface area contributed by atoms with Crippen LogP contribution < -0.4 is 19.7 Å². The van der Waals surface area contributed by atoms with Crippen LogP contribution in [0.4, 0.5) is 17.1 Å². The highest BCUT2D eigenvalue weighted by atomic mass is 35.5. The Morgan fingerprint density at radius 1 is 1.02 bits per heavy atom. The molecule has 338 valence electrons. The molecule has 2 fully saturated rings. The molecule has 0 unspecified atom stereocenters. The van der Waals surface area contributed by atoms with Crippen molar-refractivity contribution in [1.82, 2.24) is 19.6 Å². The molecule has 8 rings (SSSR count). The Morgan fingerprint density at radius 2 is 1.77 bits per heavy atom. The van der Waals surface area contributed by atoms with Gasteiger partial charge in [0.25, 0.3) is 21.6 Å². The standard InChI is InChI=1S/C48H56ClN7O7S/c1-4-48(58)18-13-32(14-19-48)29-51-42-12-10-39(27-43(42)56(59)60)64(61,62)53-46(57)40-11-9-37(26-44(40)63-38-25-34-16-20-50-45(34)52-30-38)55-23-21-54(22-24-55)31-35-15-17-47(2,3)28-41(35)33-5-7-36(49)8-6-33/h5-12,16,20,25-27,30,32,51,58H,4,13-15,17-19,21-24,28-29,31H2,1-3H3,(H,50,52)(H,53,57)/t32-,48-. The molecule has 1 saturated heterocycles. The number of H-pyrrole nitrogens is 1. The highest BCUT2D eigenvalue weighted by Gasteiger charge is 2.33. The summed E-state index contributed by atoms with van der Waals surface area (Å²) in [6.07, 6.45) is 10.0. The summed E-state index contributed by atoms with van der Waals surface area (Å²) in [7, 11) is -4.58. The lowest BCUT2D eigenvalue weighted by Crippen LogP contribution is -2.47. The van der Waals surface area contributed by atoms with Crippen LogP contribution in [0.15, 0.2) is 95.7 Å². The van der Waals surface area contributed by atoms with E-state index in [2.05, 4.69) is 55.8 Å². The number of fused-ring (bicyclic) bond motifs is 1. The number of nitro groups is 1. The molecule has 1 aliphatic heterocycles. The summed E-state index contributed by atoms with van der Waals surface area (Å²) >= 11 is 6.24. The van der Waals surface area contributed by atoms with Gasteiger partial charge in [-0.2, -0.15) is 0 Å². The third-order valence-electron chi connectivity index (χ3n) is 13.3. The third kappa shape index (κ3) is 10.4. The number of nitro benzene ring substituents is 1. The van der Waals surface area contributed by atoms with Gasteiger partial charge in [0.15, 0.2) is 0 Å². The van der Waals surface area contributed by atoms with Crippen molar-refractivity contribution >= 4 is 61.2 Å². The molecule has 16 heteroatoms. The number of carbonyl (C=O) groups is 1. The molecule has 3 aliphatic rings. The highest BCUT2D eigenvalue weighted by molar-refractivity contribution is 7.90. The SMILES string of the molecule is CC[C@]1(O)CC[C@H](CNc2ccc(S(=O)(=O)NC(=O)c3ccc(N4CCN(CC5=C(c6ccc(Cl)cc6)CC(C)(C)CC5)CC4)cc3Oc3cnc4[nH]ccc4c3)cc2[N+](=O)[O-])CC1. The van der Waals surface area contributed by atoms with Crippen LogP contribution in [0.2, 0.25) is 5.02 Å². The highest BCUT2D eigenvalue weighted by Crippen LogP contribution is 2.44. The summed E-state index contributed by atoms with van der Waals surface area (Å²) in [5, 5.41) is 27.4. The molecule has 0 bridgehead atoms. The zero-order valence-electron chi connectivity index (χ0n) is 36.5. The first-order chi connectivity index (χ1) is 30.6. The molecule has 2 aliphatic carbocycles. The number of nitrogens with zero attached hydrogens (tertiary/aromatic N) is 4. The maximum absolute atomic E-state index is 14.0. The number of hydrogen-bond acceptors (Lipinski definition) is 11. The number of benzene rings is 3. The van der Waals surface area contributed by atoms with E-state index in [4.69, 9.17) is 16.3 Å². The molecule has 3 heterocycles. The Bertz CT molecular complexity index is 2670. The van der Waals surface area contributed by atoms with Crippen molar-refractivity contribution in [2.24, 2.45) is 11.3 Å². The number of carbonyl (C=O) groups excluding carboxylic acids is 1. The second kappa shape index (κ2) is 18.6. The van der Waals surface area contributed by atoms with E-state index in [-0.39, 0.29) is 28.3 Å². The van der Waals surface area contributed by atoms with Gasteiger partial charge in [-0.15, -0.1) is 0 Å². The van der Waals surface area contributed by atoms with E-state index in [1.54, 1.807) is 30.5 Å². The molecule has 1 amide bonds. The van der Waals surface area contributed by atoms with E-state index in [1.807, 2.05) is 25.1 Å². The Balaban J connectivity index is 0.988. The first kappa shape index (κ1) is 45.1. The fraction of sp³-hybridized carbons (Fsp3) is 0.417. The van der Waals surface area contributed by atoms with Crippen molar-refractivity contribution in [3.63, 3.8) is 0 Å². The fourth-order valence-electron chi connectivity index (χ4n) is 9.22. The summed E-state index contributed by atoms with van der Waals surface area (Å²) in [6.45, 7) is 11.0. The van der Waals surface area contributed by atoms with Crippen LogP contribution in [0, 0.1) is 21.4 Å². The number of aromatic amines is 1. The van der Waals surface area contributed by atoms with Crippen LogP contribution in [0.5, 0.6) is 11.5 Å². The van der Waals surface area contributed by atoms with Gasteiger partial charge in [-0.3, -0.25) is 19.8 Å². The Labute approximate surface area is 379 Å². The molecular formula is C48H56ClN7O7S. The van der Waals surface area contributed by atoms with Gasteiger partial charge in [-0.25, -0.2) is 18.1 Å². The number of aliphatic hydroxyl groups is 1. The predicted molar refractivity (Wildman–Crippen MR) is 251 cm³/mol. The number of hydrogen-bond donors (Lipinski definition) is 4. The molecule has 3 aromatic carbocycles. The van der Waals surface area contributed by atoms with Gasteiger partial charge in [-0.1, -0.05) is 50.1 Å². The Hall–Kier alpha value is -5.48. The van der Waals surface area contributed by atoms with Crippen LogP contribution in [0.25, 0.3) is 16.6 Å². The van der Waals surface area contributed by atoms with Crippen LogP contribution in [-0.2, 0) is 10.0 Å². The van der Waals surface area contributed by atoms with Crippen LogP contribution in [0.1, 0.15) is 88.1 Å². The van der Waals surface area contributed by atoms with Crippen molar-refractivity contribution in [1.29, 1.82) is 0 Å². The number of halogens is 1. The lowest BCUT2D eigenvalue weighted by Gasteiger charge is -2.39. The van der Waals surface area contributed by atoms with Gasteiger partial charge in [0.2, 0.25) is 0 Å². The molecular weight excluding hydrogens is 854 g/mol. The molecule has 5 aromatic rings. The molecule has 4 N–H and O–H groups in total. The summed E-state index contributed by atoms with van der Waals surface area (Å²) in [4.78, 5) is 37.2. The molecule has 0 atom stereocenters. The lowest BCUT2D eigenvalue weighted by molar-refractivity contribution is -0.384. The molecule has 64 heavy (non-hydrogen) atoms. The summed E-state index contributed by atoms with van der Waals surface area (Å²) < 4.78 is 35.9. The van der Waals surface area contributed by atoms with Gasteiger partial charge in [0, 0.05) is 73.7 Å². The molecule has 1 saturated carbocycles. The number of allylic oxidation sites excluding steroid dienone is 1. The topological polar surface area (TPSA) is 183 Å². The maximum Gasteiger partial charge on any atom is 0.293 e. The zero-order chi connectivity index (χ0) is 45.2. The van der Waals surface area contributed by atoms with Crippen molar-refractivity contribution in [3.8, 4) is 11.5 Å². The van der Waals surface area contributed by atoms with Gasteiger partial charge >= 0.3 is 0 Å². The number of amides is 1. The summed E-state index contributed by atoms with van der Waals surface area (Å²) in [5.41, 5.74) is 4.81. The summed E-state index contributed by atoms with van der Waals surface area (Å²) in [6, 6.07) is 20.4. The maximum atomic E-state index is 14.0. The Morgan fingerprint density at radius 3 is 2.48 bits per heavy atom. The predicted octanol–water partition coefficient (Wildman–Crippen LogP) is 9.56. The number of sulfonamides is 1. The van der Waals surface area contributed by atoms with Crippen molar-refractivity contribution in [2.75, 3.05) is 49.5 Å². The molecule has 2 aromatic heterocycles. The third-order valence-corrected chi connectivity index (χ3v) is 14.9. The number of nitrogens with one attached hydrogen (secondary N) is 3. The smallest absolute Gasteiger partial charge is 0.293 e. The van der Waals surface area contributed by atoms with E-state index >= 15 is 0 Å². The normalized spacial score (nSPS) is 20.6. The quantitative estimate of drug-likeness (QED) is 0.0615. The van der Waals surface area contributed by atoms with E-state index in [0.29, 0.717) is 37.2 Å². The van der Waals surface area contributed by atoms with Crippen LogP contribution in [0.3, 0.4) is 0 Å².